The summed E-state index contributed by atoms with van der Waals surface area (Å²) in [6.07, 6.45) is 0.666. The molecule has 2 aliphatic rings. The minimum Gasteiger partial charge on any atom is -0.379 e. The highest BCUT2D eigenvalue weighted by atomic mass is 32.2. The lowest BCUT2D eigenvalue weighted by molar-refractivity contribution is 0.0730. The molecule has 1 fully saturated rings. The quantitative estimate of drug-likeness (QED) is 0.765. The summed E-state index contributed by atoms with van der Waals surface area (Å²) in [5.74, 6) is 0. The van der Waals surface area contributed by atoms with Gasteiger partial charge in [0.15, 0.2) is 0 Å². The van der Waals surface area contributed by atoms with Gasteiger partial charge in [0.05, 0.1) is 28.7 Å². The highest BCUT2D eigenvalue weighted by Crippen LogP contribution is 2.33. The summed E-state index contributed by atoms with van der Waals surface area (Å²) in [6.45, 7) is 1.70. The number of anilines is 1. The van der Waals surface area contributed by atoms with Crippen LogP contribution in [0.5, 0.6) is 0 Å². The maximum atomic E-state index is 13.0. The normalized spacial score (nSPS) is 18.4. The van der Waals surface area contributed by atoms with Crippen LogP contribution in [-0.2, 0) is 31.2 Å². The monoisotopic (exact) mass is 408 g/mol. The molecule has 27 heavy (non-hydrogen) atoms. The predicted molar refractivity (Wildman–Crippen MR) is 101 cm³/mol. The van der Waals surface area contributed by atoms with Crippen molar-refractivity contribution >= 4 is 25.7 Å². The molecule has 9 heteroatoms. The van der Waals surface area contributed by atoms with E-state index in [0.717, 1.165) is 5.56 Å². The van der Waals surface area contributed by atoms with Crippen molar-refractivity contribution in [2.24, 2.45) is 0 Å². The lowest BCUT2D eigenvalue weighted by atomic mass is 10.2. The molecule has 0 unspecified atom stereocenters. The summed E-state index contributed by atoms with van der Waals surface area (Å²) in [5.41, 5.74) is 1.68. The Morgan fingerprint density at radius 2 is 1.33 bits per heavy atom. The third kappa shape index (κ3) is 3.25. The van der Waals surface area contributed by atoms with Crippen molar-refractivity contribution in [3.8, 4) is 0 Å². The van der Waals surface area contributed by atoms with Crippen LogP contribution in [-0.4, -0.2) is 54.0 Å². The number of morpholine rings is 1. The molecule has 2 aromatic rings. The zero-order valence-electron chi connectivity index (χ0n) is 14.6. The zero-order valence-corrected chi connectivity index (χ0v) is 16.2. The topological polar surface area (TPSA) is 84.0 Å². The Kier molecular flexibility index (Phi) is 4.71. The molecule has 2 aliphatic heterocycles. The minimum atomic E-state index is -3.73. The fourth-order valence-corrected chi connectivity index (χ4v) is 6.32. The molecule has 1 saturated heterocycles. The van der Waals surface area contributed by atoms with E-state index in [1.165, 1.54) is 32.9 Å². The van der Waals surface area contributed by atoms with Gasteiger partial charge in [0.2, 0.25) is 10.0 Å². The lowest BCUT2D eigenvalue weighted by Gasteiger charge is -2.26. The van der Waals surface area contributed by atoms with Gasteiger partial charge in [0, 0.05) is 19.6 Å². The molecule has 0 amide bonds. The Labute approximate surface area is 159 Å². The summed E-state index contributed by atoms with van der Waals surface area (Å²) >= 11 is 0. The molecule has 2 aromatic carbocycles. The van der Waals surface area contributed by atoms with Gasteiger partial charge in [-0.2, -0.15) is 4.31 Å². The van der Waals surface area contributed by atoms with Crippen LogP contribution >= 0.6 is 0 Å². The summed E-state index contributed by atoms with van der Waals surface area (Å²) in [5, 5.41) is 0. The largest absolute Gasteiger partial charge is 0.379 e. The molecule has 144 valence electrons. The van der Waals surface area contributed by atoms with E-state index < -0.39 is 20.0 Å². The number of rotatable bonds is 4. The number of benzene rings is 2. The first kappa shape index (κ1) is 18.4. The lowest BCUT2D eigenvalue weighted by Crippen LogP contribution is -2.40. The molecular formula is C18H20N2O5S2. The smallest absolute Gasteiger partial charge is 0.264 e. The maximum Gasteiger partial charge on any atom is 0.264 e. The van der Waals surface area contributed by atoms with Crippen LogP contribution in [0.4, 0.5) is 5.69 Å². The highest BCUT2D eigenvalue weighted by molar-refractivity contribution is 7.93. The van der Waals surface area contributed by atoms with Crippen LogP contribution in [0.25, 0.3) is 0 Å². The molecule has 0 radical (unpaired) electrons. The number of ether oxygens (including phenoxy) is 1. The second-order valence-corrected chi connectivity index (χ2v) is 10.2. The molecule has 4 rings (SSSR count). The molecule has 0 saturated carbocycles. The third-order valence-corrected chi connectivity index (χ3v) is 8.60. The van der Waals surface area contributed by atoms with Crippen LogP contribution in [0, 0.1) is 0 Å². The zero-order chi connectivity index (χ0) is 19.1. The molecular weight excluding hydrogens is 388 g/mol. The van der Waals surface area contributed by atoms with Gasteiger partial charge in [-0.25, -0.2) is 16.8 Å². The Hall–Kier alpha value is -1.94. The van der Waals surface area contributed by atoms with Gasteiger partial charge >= 0.3 is 0 Å². The van der Waals surface area contributed by atoms with Crippen molar-refractivity contribution in [1.82, 2.24) is 4.31 Å². The summed E-state index contributed by atoms with van der Waals surface area (Å²) in [6, 6.07) is 12.9. The first-order valence-electron chi connectivity index (χ1n) is 8.69. The fraction of sp³-hybridized carbons (Fsp3) is 0.333. The van der Waals surface area contributed by atoms with Gasteiger partial charge in [-0.1, -0.05) is 18.2 Å². The van der Waals surface area contributed by atoms with E-state index in [0.29, 0.717) is 45.0 Å². The van der Waals surface area contributed by atoms with Crippen LogP contribution in [0.15, 0.2) is 58.3 Å². The first-order chi connectivity index (χ1) is 12.9. The number of hydrogen-bond acceptors (Lipinski definition) is 5. The van der Waals surface area contributed by atoms with Crippen molar-refractivity contribution < 1.29 is 21.6 Å². The van der Waals surface area contributed by atoms with Gasteiger partial charge in [-0.3, -0.25) is 4.31 Å². The number of hydrogen-bond donors (Lipinski definition) is 0. The van der Waals surface area contributed by atoms with Crippen LogP contribution in [0.2, 0.25) is 0 Å². The van der Waals surface area contributed by atoms with Crippen LogP contribution in [0.3, 0.4) is 0 Å². The molecule has 2 heterocycles. The highest BCUT2D eigenvalue weighted by Gasteiger charge is 2.31. The number of para-hydroxylation sites is 1. The minimum absolute atomic E-state index is 0.0835. The van der Waals surface area contributed by atoms with E-state index >= 15 is 0 Å². The number of nitrogens with zero attached hydrogens (tertiary/aromatic N) is 2. The average molecular weight is 409 g/mol. The van der Waals surface area contributed by atoms with E-state index in [1.54, 1.807) is 6.07 Å². The molecule has 0 aliphatic carbocycles. The predicted octanol–water partition coefficient (Wildman–Crippen LogP) is 1.46. The Morgan fingerprint density at radius 1 is 0.741 bits per heavy atom. The first-order valence-corrected chi connectivity index (χ1v) is 11.6. The Bertz CT molecular complexity index is 1040. The summed E-state index contributed by atoms with van der Waals surface area (Å²) in [4.78, 5) is 0.172. The van der Waals surface area contributed by atoms with Crippen molar-refractivity contribution in [3.05, 3.63) is 54.1 Å². The van der Waals surface area contributed by atoms with Crippen LogP contribution < -0.4 is 4.31 Å². The van der Waals surface area contributed by atoms with Crippen molar-refractivity contribution in [2.75, 3.05) is 37.2 Å². The van der Waals surface area contributed by atoms with Gasteiger partial charge < -0.3 is 4.74 Å². The molecule has 0 aromatic heterocycles. The van der Waals surface area contributed by atoms with Crippen molar-refractivity contribution in [3.63, 3.8) is 0 Å². The SMILES string of the molecule is O=S(=O)(c1ccc(S(=O)(=O)N2CCc3ccccc32)cc1)N1CCOCC1. The van der Waals surface area contributed by atoms with Crippen molar-refractivity contribution in [1.29, 1.82) is 0 Å². The fourth-order valence-electron chi connectivity index (χ4n) is 3.40. The van der Waals surface area contributed by atoms with Gasteiger partial charge in [0.1, 0.15) is 0 Å². The molecule has 0 bridgehead atoms. The Morgan fingerprint density at radius 3 is 2.00 bits per heavy atom. The second kappa shape index (κ2) is 6.90. The third-order valence-electron chi connectivity index (χ3n) is 4.86. The molecule has 0 N–H and O–H groups in total. The second-order valence-electron chi connectivity index (χ2n) is 6.44. The Balaban J connectivity index is 1.62. The molecule has 0 atom stereocenters. The van der Waals surface area contributed by atoms with E-state index in [-0.39, 0.29) is 9.79 Å². The van der Waals surface area contributed by atoms with Gasteiger partial charge in [-0.05, 0) is 42.3 Å². The van der Waals surface area contributed by atoms with E-state index in [4.69, 9.17) is 4.74 Å². The maximum absolute atomic E-state index is 13.0. The van der Waals surface area contributed by atoms with Gasteiger partial charge in [-0.15, -0.1) is 0 Å². The van der Waals surface area contributed by atoms with Crippen LogP contribution in [0.1, 0.15) is 5.56 Å². The average Bonchev–Trinajstić information content (AvgIpc) is 3.14. The summed E-state index contributed by atoms with van der Waals surface area (Å²) < 4.78 is 59.3. The van der Waals surface area contributed by atoms with E-state index in [9.17, 15) is 16.8 Å². The molecule has 0 spiro atoms. The van der Waals surface area contributed by atoms with Gasteiger partial charge in [0.25, 0.3) is 10.0 Å². The standard InChI is InChI=1S/C18H20N2O5S2/c21-26(22,19-11-13-25-14-12-19)16-5-7-17(8-6-16)27(23,24)20-10-9-15-3-1-2-4-18(15)20/h1-8H,9-14H2. The number of sulfonamides is 2. The molecule has 7 nitrogen and oxygen atoms in total. The van der Waals surface area contributed by atoms with E-state index in [2.05, 4.69) is 0 Å². The number of fused-ring (bicyclic) bond motifs is 1. The van der Waals surface area contributed by atoms with Crippen molar-refractivity contribution in [2.45, 2.75) is 16.2 Å². The summed E-state index contributed by atoms with van der Waals surface area (Å²) in [7, 11) is -7.38. The van der Waals surface area contributed by atoms with E-state index in [1.807, 2.05) is 18.2 Å².